The van der Waals surface area contributed by atoms with Crippen LogP contribution in [-0.4, -0.2) is 40.5 Å². The van der Waals surface area contributed by atoms with Crippen LogP contribution in [0.15, 0.2) is 54.9 Å². The Kier molecular flexibility index (Phi) is 4.20. The third-order valence-corrected chi connectivity index (χ3v) is 5.45. The van der Waals surface area contributed by atoms with Crippen LogP contribution in [0.5, 0.6) is 5.75 Å². The van der Waals surface area contributed by atoms with Crippen LogP contribution in [0.2, 0.25) is 0 Å². The number of carbonyl (C=O) groups excluding carboxylic acids is 1. The van der Waals surface area contributed by atoms with E-state index in [2.05, 4.69) is 28.2 Å². The Bertz CT molecular complexity index is 1110. The lowest BCUT2D eigenvalue weighted by Crippen LogP contribution is -2.33. The molecule has 1 N–H and O–H groups in total. The predicted octanol–water partition coefficient (Wildman–Crippen LogP) is 3.83. The number of aromatic nitrogens is 2. The maximum Gasteiger partial charge on any atom is 0.246 e. The number of nitrogens with zero attached hydrogens (tertiary/aromatic N) is 2. The molecule has 1 amide bonds. The number of amides is 1. The van der Waals surface area contributed by atoms with Crippen molar-refractivity contribution < 1.29 is 9.53 Å². The van der Waals surface area contributed by atoms with E-state index in [1.807, 2.05) is 35.4 Å². The van der Waals surface area contributed by atoms with Gasteiger partial charge >= 0.3 is 0 Å². The van der Waals surface area contributed by atoms with E-state index in [0.717, 1.165) is 48.3 Å². The molecule has 5 nitrogen and oxygen atoms in total. The van der Waals surface area contributed by atoms with Gasteiger partial charge in [-0.15, -0.1) is 0 Å². The molecule has 0 unspecified atom stereocenters. The largest absolute Gasteiger partial charge is 0.493 e. The van der Waals surface area contributed by atoms with Crippen molar-refractivity contribution in [2.75, 3.05) is 19.7 Å². The van der Waals surface area contributed by atoms with Gasteiger partial charge in [-0.25, -0.2) is 4.98 Å². The van der Waals surface area contributed by atoms with Crippen LogP contribution in [0.1, 0.15) is 23.1 Å². The van der Waals surface area contributed by atoms with Crippen LogP contribution >= 0.6 is 0 Å². The zero-order valence-electron chi connectivity index (χ0n) is 15.5. The van der Waals surface area contributed by atoms with E-state index in [4.69, 9.17) is 4.74 Å². The van der Waals surface area contributed by atoms with E-state index in [9.17, 15) is 4.79 Å². The number of carbonyl (C=O) groups is 1. The van der Waals surface area contributed by atoms with E-state index in [-0.39, 0.29) is 5.91 Å². The fraction of sp³-hybridized carbons (Fsp3) is 0.217. The monoisotopic (exact) mass is 371 g/mol. The van der Waals surface area contributed by atoms with Gasteiger partial charge in [0.25, 0.3) is 0 Å². The molecule has 3 aromatic rings. The van der Waals surface area contributed by atoms with E-state index < -0.39 is 0 Å². The zero-order valence-corrected chi connectivity index (χ0v) is 15.5. The lowest BCUT2D eigenvalue weighted by Gasteiger charge is -2.25. The standard InChI is InChI=1S/C23H21N3O2/c27-22(6-4-16-3-5-21-18(14-16)9-13-28-21)26-11-7-17(8-12-26)20-15-25-23-19(20)2-1-10-24-23/h1-7,10,14-15H,8-9,11-13H2,(H,24,25). The Labute approximate surface area is 163 Å². The Morgan fingerprint density at radius 1 is 1.25 bits per heavy atom. The van der Waals surface area contributed by atoms with Crippen LogP contribution < -0.4 is 4.74 Å². The van der Waals surface area contributed by atoms with Gasteiger partial charge < -0.3 is 14.6 Å². The SMILES string of the molecule is O=C(C=Cc1ccc2c(c1)CCO2)N1CC=C(c2c[nH]c3ncccc23)CC1. The summed E-state index contributed by atoms with van der Waals surface area (Å²) in [6.45, 7) is 2.10. The van der Waals surface area contributed by atoms with Crippen molar-refractivity contribution in [1.29, 1.82) is 0 Å². The van der Waals surface area contributed by atoms with Gasteiger partial charge in [-0.2, -0.15) is 0 Å². The molecule has 0 saturated heterocycles. The van der Waals surface area contributed by atoms with Gasteiger partial charge in [-0.3, -0.25) is 4.79 Å². The molecule has 0 fully saturated rings. The Balaban J connectivity index is 1.27. The number of H-pyrrole nitrogens is 1. The minimum Gasteiger partial charge on any atom is -0.493 e. The van der Waals surface area contributed by atoms with Gasteiger partial charge in [-0.1, -0.05) is 12.1 Å². The van der Waals surface area contributed by atoms with Crippen molar-refractivity contribution in [3.63, 3.8) is 0 Å². The van der Waals surface area contributed by atoms with Crippen LogP contribution in [0.3, 0.4) is 0 Å². The molecule has 4 heterocycles. The highest BCUT2D eigenvalue weighted by atomic mass is 16.5. The lowest BCUT2D eigenvalue weighted by atomic mass is 9.99. The minimum absolute atomic E-state index is 0.0487. The topological polar surface area (TPSA) is 58.2 Å². The van der Waals surface area contributed by atoms with Crippen LogP contribution in [0.4, 0.5) is 0 Å². The highest BCUT2D eigenvalue weighted by molar-refractivity contribution is 5.94. The number of fused-ring (bicyclic) bond motifs is 2. The van der Waals surface area contributed by atoms with Crippen molar-refractivity contribution >= 4 is 28.6 Å². The van der Waals surface area contributed by atoms with Crippen molar-refractivity contribution in [2.45, 2.75) is 12.8 Å². The number of ether oxygens (including phenoxy) is 1. The Hall–Kier alpha value is -3.34. The van der Waals surface area contributed by atoms with Crippen LogP contribution in [0, 0.1) is 0 Å². The van der Waals surface area contributed by atoms with Crippen molar-refractivity contribution in [1.82, 2.24) is 14.9 Å². The van der Waals surface area contributed by atoms with Gasteiger partial charge in [0.05, 0.1) is 6.61 Å². The second-order valence-corrected chi connectivity index (χ2v) is 7.16. The predicted molar refractivity (Wildman–Crippen MR) is 110 cm³/mol. The van der Waals surface area contributed by atoms with E-state index in [1.165, 1.54) is 16.7 Å². The number of hydrogen-bond acceptors (Lipinski definition) is 3. The smallest absolute Gasteiger partial charge is 0.246 e. The van der Waals surface area contributed by atoms with Gasteiger partial charge in [0.1, 0.15) is 11.4 Å². The molecule has 0 aliphatic carbocycles. The Morgan fingerprint density at radius 3 is 3.11 bits per heavy atom. The average Bonchev–Trinajstić information content (AvgIpc) is 3.38. The summed E-state index contributed by atoms with van der Waals surface area (Å²) < 4.78 is 5.53. The maximum absolute atomic E-state index is 12.6. The normalized spacial score (nSPS) is 16.3. The lowest BCUT2D eigenvalue weighted by molar-refractivity contribution is -0.125. The summed E-state index contributed by atoms with van der Waals surface area (Å²) in [5, 5.41) is 1.13. The highest BCUT2D eigenvalue weighted by Crippen LogP contribution is 2.29. The average molecular weight is 371 g/mol. The van der Waals surface area contributed by atoms with Crippen molar-refractivity contribution in [3.8, 4) is 5.75 Å². The second kappa shape index (κ2) is 7.00. The molecular weight excluding hydrogens is 350 g/mol. The second-order valence-electron chi connectivity index (χ2n) is 7.16. The van der Waals surface area contributed by atoms with Crippen LogP contribution in [0.25, 0.3) is 22.7 Å². The van der Waals surface area contributed by atoms with E-state index in [1.54, 1.807) is 12.3 Å². The number of nitrogens with one attached hydrogen (secondary N) is 1. The number of pyridine rings is 1. The molecule has 2 aromatic heterocycles. The molecule has 0 spiro atoms. The summed E-state index contributed by atoms with van der Waals surface area (Å²) in [5.74, 6) is 1.01. The summed E-state index contributed by atoms with van der Waals surface area (Å²) in [5.41, 5.74) is 5.61. The molecule has 5 heteroatoms. The van der Waals surface area contributed by atoms with Gasteiger partial charge in [0.2, 0.25) is 5.91 Å². The molecule has 0 radical (unpaired) electrons. The summed E-state index contributed by atoms with van der Waals surface area (Å²) in [6, 6.07) is 10.1. The molecule has 0 atom stereocenters. The van der Waals surface area contributed by atoms with Gasteiger partial charge in [0, 0.05) is 48.9 Å². The molecule has 1 aromatic carbocycles. The third kappa shape index (κ3) is 3.09. The van der Waals surface area contributed by atoms with Crippen molar-refractivity contribution in [2.24, 2.45) is 0 Å². The van der Waals surface area contributed by atoms with Gasteiger partial charge in [0.15, 0.2) is 0 Å². The minimum atomic E-state index is 0.0487. The first kappa shape index (κ1) is 16.8. The summed E-state index contributed by atoms with van der Waals surface area (Å²) in [6.07, 6.45) is 11.3. The number of rotatable bonds is 3. The van der Waals surface area contributed by atoms with Crippen LogP contribution in [-0.2, 0) is 11.2 Å². The van der Waals surface area contributed by atoms with Crippen molar-refractivity contribution in [3.05, 3.63) is 71.6 Å². The quantitative estimate of drug-likeness (QED) is 0.712. The van der Waals surface area contributed by atoms with Gasteiger partial charge in [-0.05, 0) is 53.5 Å². The zero-order chi connectivity index (χ0) is 18.9. The third-order valence-electron chi connectivity index (χ3n) is 5.45. The first-order valence-electron chi connectivity index (χ1n) is 9.62. The first-order valence-corrected chi connectivity index (χ1v) is 9.62. The van der Waals surface area contributed by atoms with E-state index >= 15 is 0 Å². The van der Waals surface area contributed by atoms with E-state index in [0.29, 0.717) is 6.54 Å². The molecule has 140 valence electrons. The molecule has 5 rings (SSSR count). The summed E-state index contributed by atoms with van der Waals surface area (Å²) in [4.78, 5) is 22.0. The summed E-state index contributed by atoms with van der Waals surface area (Å²) in [7, 11) is 0. The first-order chi connectivity index (χ1) is 13.8. The number of benzene rings is 1. The maximum atomic E-state index is 12.6. The number of aromatic amines is 1. The fourth-order valence-electron chi connectivity index (χ4n) is 3.92. The highest BCUT2D eigenvalue weighted by Gasteiger charge is 2.18. The fourth-order valence-corrected chi connectivity index (χ4v) is 3.92. The summed E-state index contributed by atoms with van der Waals surface area (Å²) >= 11 is 0. The molecule has 0 bridgehead atoms. The molecular formula is C23H21N3O2. The molecule has 28 heavy (non-hydrogen) atoms. The number of hydrogen-bond donors (Lipinski definition) is 1. The molecule has 2 aliphatic rings. The molecule has 2 aliphatic heterocycles. The Morgan fingerprint density at radius 2 is 2.21 bits per heavy atom. The molecule has 0 saturated carbocycles.